The topological polar surface area (TPSA) is 55.1 Å². The van der Waals surface area contributed by atoms with E-state index in [1.807, 2.05) is 6.92 Å². The average Bonchev–Trinajstić information content (AvgIpc) is 2.53. The molecule has 0 aromatic carbocycles. The van der Waals surface area contributed by atoms with E-state index in [0.29, 0.717) is 5.92 Å². The lowest BCUT2D eigenvalue weighted by Gasteiger charge is -2.11. The molecule has 3 N–H and O–H groups in total. The third kappa shape index (κ3) is 1.85. The van der Waals surface area contributed by atoms with Crippen LogP contribution in [-0.4, -0.2) is 19.0 Å². The average molecular weight is 168 g/mol. The molecule has 68 valence electrons. The zero-order chi connectivity index (χ0) is 9.14. The summed E-state index contributed by atoms with van der Waals surface area (Å²) in [6.45, 7) is 5.83. The molecule has 1 atom stereocenters. The number of carbonyl (C=O) groups excluding carboxylic acids is 1. The van der Waals surface area contributed by atoms with E-state index in [0.717, 1.165) is 30.7 Å². The van der Waals surface area contributed by atoms with Gasteiger partial charge in [0.25, 0.3) is 0 Å². The van der Waals surface area contributed by atoms with Crippen LogP contribution in [0, 0.1) is 5.92 Å². The van der Waals surface area contributed by atoms with Gasteiger partial charge in [0.2, 0.25) is 5.91 Å². The van der Waals surface area contributed by atoms with Crippen LogP contribution in [-0.2, 0) is 4.79 Å². The highest BCUT2D eigenvalue weighted by Gasteiger charge is 2.18. The molecule has 1 unspecified atom stereocenters. The molecule has 1 rings (SSSR count). The number of nitrogens with one attached hydrogen (secondary N) is 1. The summed E-state index contributed by atoms with van der Waals surface area (Å²) in [7, 11) is 0. The number of nitrogens with two attached hydrogens (primary N) is 1. The third-order valence-corrected chi connectivity index (χ3v) is 2.63. The van der Waals surface area contributed by atoms with Crippen molar-refractivity contribution in [2.24, 2.45) is 11.7 Å². The molecule has 0 aromatic rings. The Morgan fingerprint density at radius 2 is 2.17 bits per heavy atom. The Morgan fingerprint density at radius 1 is 1.50 bits per heavy atom. The fourth-order valence-electron chi connectivity index (χ4n) is 1.52. The molecule has 3 heteroatoms. The number of hydrogen-bond donors (Lipinski definition) is 2. The van der Waals surface area contributed by atoms with Crippen molar-refractivity contribution in [3.05, 3.63) is 11.1 Å². The molecule has 1 heterocycles. The van der Waals surface area contributed by atoms with Crippen molar-refractivity contribution in [1.82, 2.24) is 5.32 Å². The van der Waals surface area contributed by atoms with E-state index in [1.165, 1.54) is 0 Å². The van der Waals surface area contributed by atoms with Gasteiger partial charge in [-0.05, 0) is 32.7 Å². The molecule has 1 aliphatic heterocycles. The summed E-state index contributed by atoms with van der Waals surface area (Å²) < 4.78 is 0. The normalized spacial score (nSPS) is 25.3. The molecule has 0 saturated carbocycles. The lowest BCUT2D eigenvalue weighted by molar-refractivity contribution is -0.114. The predicted molar refractivity (Wildman–Crippen MR) is 48.5 cm³/mol. The zero-order valence-corrected chi connectivity index (χ0v) is 7.68. The van der Waals surface area contributed by atoms with Gasteiger partial charge in [0.15, 0.2) is 0 Å². The van der Waals surface area contributed by atoms with E-state index in [-0.39, 0.29) is 5.91 Å². The Hall–Kier alpha value is -0.830. The molecule has 0 radical (unpaired) electrons. The maximum Gasteiger partial charge on any atom is 0.244 e. The van der Waals surface area contributed by atoms with Gasteiger partial charge in [0, 0.05) is 12.1 Å². The second-order valence-electron chi connectivity index (χ2n) is 3.36. The van der Waals surface area contributed by atoms with Gasteiger partial charge in [-0.25, -0.2) is 0 Å². The summed E-state index contributed by atoms with van der Waals surface area (Å²) in [5.74, 6) is 0.219. The molecule has 1 fully saturated rings. The molecule has 1 saturated heterocycles. The first-order valence-electron chi connectivity index (χ1n) is 4.31. The van der Waals surface area contributed by atoms with E-state index in [4.69, 9.17) is 5.73 Å². The first-order valence-corrected chi connectivity index (χ1v) is 4.31. The minimum Gasteiger partial charge on any atom is -0.366 e. The van der Waals surface area contributed by atoms with Crippen molar-refractivity contribution in [1.29, 1.82) is 0 Å². The number of rotatable bonds is 2. The summed E-state index contributed by atoms with van der Waals surface area (Å²) in [6, 6.07) is 0. The van der Waals surface area contributed by atoms with Crippen molar-refractivity contribution in [2.75, 3.05) is 13.1 Å². The quantitative estimate of drug-likeness (QED) is 0.587. The lowest BCUT2D eigenvalue weighted by Crippen LogP contribution is -2.17. The Labute approximate surface area is 73.0 Å². The fraction of sp³-hybridized carbons (Fsp3) is 0.667. The maximum absolute atomic E-state index is 10.8. The Morgan fingerprint density at radius 3 is 2.58 bits per heavy atom. The largest absolute Gasteiger partial charge is 0.366 e. The number of primary amides is 1. The molecule has 0 spiro atoms. The minimum atomic E-state index is -0.292. The van der Waals surface area contributed by atoms with Crippen LogP contribution in [0.3, 0.4) is 0 Å². The third-order valence-electron chi connectivity index (χ3n) is 2.63. The Kier molecular flexibility index (Phi) is 2.87. The van der Waals surface area contributed by atoms with Crippen LogP contribution in [0.2, 0.25) is 0 Å². The lowest BCUT2D eigenvalue weighted by atomic mass is 9.95. The van der Waals surface area contributed by atoms with Crippen LogP contribution in [0.15, 0.2) is 11.1 Å². The van der Waals surface area contributed by atoms with Gasteiger partial charge < -0.3 is 11.1 Å². The molecule has 12 heavy (non-hydrogen) atoms. The molecule has 3 nitrogen and oxygen atoms in total. The van der Waals surface area contributed by atoms with Crippen LogP contribution in [0.4, 0.5) is 0 Å². The maximum atomic E-state index is 10.8. The standard InChI is InChI=1S/C9H16N2O/c1-6(7(2)9(10)12)8-3-4-11-5-8/h8,11H,3-5H2,1-2H3,(H2,10,12). The Bertz CT molecular complexity index is 215. The van der Waals surface area contributed by atoms with E-state index < -0.39 is 0 Å². The fourth-order valence-corrected chi connectivity index (χ4v) is 1.52. The van der Waals surface area contributed by atoms with Crippen LogP contribution < -0.4 is 11.1 Å². The molecule has 0 aromatic heterocycles. The molecule has 1 amide bonds. The molecule has 1 aliphatic rings. The zero-order valence-electron chi connectivity index (χ0n) is 7.68. The van der Waals surface area contributed by atoms with Crippen LogP contribution in [0.25, 0.3) is 0 Å². The van der Waals surface area contributed by atoms with Crippen LogP contribution >= 0.6 is 0 Å². The first-order chi connectivity index (χ1) is 5.63. The highest BCUT2D eigenvalue weighted by Crippen LogP contribution is 2.20. The summed E-state index contributed by atoms with van der Waals surface area (Å²) in [5.41, 5.74) is 7.06. The van der Waals surface area contributed by atoms with Crippen molar-refractivity contribution >= 4 is 5.91 Å². The molecular formula is C9H16N2O. The van der Waals surface area contributed by atoms with Crippen molar-refractivity contribution in [3.8, 4) is 0 Å². The van der Waals surface area contributed by atoms with Gasteiger partial charge in [-0.2, -0.15) is 0 Å². The SMILES string of the molecule is CC(C(N)=O)=C(C)C1CCNC1. The molecule has 0 aliphatic carbocycles. The van der Waals surface area contributed by atoms with Gasteiger partial charge in [-0.3, -0.25) is 4.79 Å². The van der Waals surface area contributed by atoms with E-state index in [2.05, 4.69) is 5.32 Å². The van der Waals surface area contributed by atoms with Gasteiger partial charge in [0.05, 0.1) is 0 Å². The van der Waals surface area contributed by atoms with Crippen molar-refractivity contribution < 1.29 is 4.79 Å². The summed E-state index contributed by atoms with van der Waals surface area (Å²) in [6.07, 6.45) is 1.12. The van der Waals surface area contributed by atoms with Gasteiger partial charge >= 0.3 is 0 Å². The molecular weight excluding hydrogens is 152 g/mol. The number of amides is 1. The van der Waals surface area contributed by atoms with Gasteiger partial charge in [0.1, 0.15) is 0 Å². The minimum absolute atomic E-state index is 0.292. The number of carbonyl (C=O) groups is 1. The van der Waals surface area contributed by atoms with Crippen LogP contribution in [0.1, 0.15) is 20.3 Å². The monoisotopic (exact) mass is 168 g/mol. The predicted octanol–water partition coefficient (Wildman–Crippen LogP) is 0.418. The van der Waals surface area contributed by atoms with Gasteiger partial charge in [-0.1, -0.05) is 5.57 Å². The summed E-state index contributed by atoms with van der Waals surface area (Å²) >= 11 is 0. The Balaban J connectivity index is 2.72. The summed E-state index contributed by atoms with van der Waals surface area (Å²) in [4.78, 5) is 10.8. The summed E-state index contributed by atoms with van der Waals surface area (Å²) in [5, 5.41) is 3.26. The second-order valence-corrected chi connectivity index (χ2v) is 3.36. The van der Waals surface area contributed by atoms with Gasteiger partial charge in [-0.15, -0.1) is 0 Å². The van der Waals surface area contributed by atoms with E-state index >= 15 is 0 Å². The second kappa shape index (κ2) is 3.72. The van der Waals surface area contributed by atoms with Crippen LogP contribution in [0.5, 0.6) is 0 Å². The number of hydrogen-bond acceptors (Lipinski definition) is 2. The van der Waals surface area contributed by atoms with E-state index in [9.17, 15) is 4.79 Å². The van der Waals surface area contributed by atoms with Crippen molar-refractivity contribution in [3.63, 3.8) is 0 Å². The highest BCUT2D eigenvalue weighted by molar-refractivity contribution is 5.92. The highest BCUT2D eigenvalue weighted by atomic mass is 16.1. The first kappa shape index (κ1) is 9.26. The van der Waals surface area contributed by atoms with E-state index in [1.54, 1.807) is 6.92 Å². The molecule has 0 bridgehead atoms. The smallest absolute Gasteiger partial charge is 0.244 e. The van der Waals surface area contributed by atoms with Crippen molar-refractivity contribution in [2.45, 2.75) is 20.3 Å².